The van der Waals surface area contributed by atoms with E-state index in [2.05, 4.69) is 32.9 Å². The van der Waals surface area contributed by atoms with E-state index in [4.69, 9.17) is 0 Å². The van der Waals surface area contributed by atoms with Gasteiger partial charge < -0.3 is 0 Å². The number of carbonyl (C=O) groups excluding carboxylic acids is 1. The Kier molecular flexibility index (Phi) is 5.74. The molecule has 7 heteroatoms. The summed E-state index contributed by atoms with van der Waals surface area (Å²) in [6.45, 7) is 2.71. The maximum atomic E-state index is 12.3. The Bertz CT molecular complexity index is 994. The number of nitrogens with zero attached hydrogens (tertiary/aromatic N) is 5. The molecule has 1 saturated carbocycles. The van der Waals surface area contributed by atoms with Gasteiger partial charge in [-0.2, -0.15) is 9.90 Å². The summed E-state index contributed by atoms with van der Waals surface area (Å²) in [6.07, 6.45) is 4.32. The Morgan fingerprint density at radius 2 is 1.97 bits per heavy atom. The minimum Gasteiger partial charge on any atom is -0.267 e. The summed E-state index contributed by atoms with van der Waals surface area (Å²) >= 11 is 0. The first-order valence-electron chi connectivity index (χ1n) is 9.95. The third kappa shape index (κ3) is 4.93. The van der Waals surface area contributed by atoms with Crippen molar-refractivity contribution in [2.75, 3.05) is 0 Å². The van der Waals surface area contributed by atoms with Crippen LogP contribution in [0.3, 0.4) is 0 Å². The second-order valence-corrected chi connectivity index (χ2v) is 7.53. The molecule has 1 aliphatic rings. The second kappa shape index (κ2) is 8.77. The van der Waals surface area contributed by atoms with Crippen LogP contribution in [0.1, 0.15) is 48.5 Å². The van der Waals surface area contributed by atoms with Crippen molar-refractivity contribution in [3.63, 3.8) is 0 Å². The zero-order chi connectivity index (χ0) is 20.1. The number of tetrazole rings is 1. The highest BCUT2D eigenvalue weighted by Gasteiger charge is 2.14. The average Bonchev–Trinajstić information content (AvgIpc) is 3.22. The van der Waals surface area contributed by atoms with E-state index in [9.17, 15) is 4.79 Å². The molecule has 3 aromatic rings. The molecule has 1 N–H and O–H groups in total. The lowest BCUT2D eigenvalue weighted by molar-refractivity contribution is 0.0954. The molecule has 0 aliphatic heterocycles. The van der Waals surface area contributed by atoms with Crippen LogP contribution in [0, 0.1) is 5.92 Å². The van der Waals surface area contributed by atoms with Crippen molar-refractivity contribution in [3.05, 3.63) is 65.7 Å². The predicted molar refractivity (Wildman–Crippen MR) is 111 cm³/mol. The lowest BCUT2D eigenvalue weighted by Gasteiger charge is -2.18. The quantitative estimate of drug-likeness (QED) is 0.676. The number of hydrazone groups is 1. The van der Waals surface area contributed by atoms with Crippen molar-refractivity contribution in [1.82, 2.24) is 25.6 Å². The minimum atomic E-state index is -0.187. The predicted octanol–water partition coefficient (Wildman–Crippen LogP) is 3.68. The Morgan fingerprint density at radius 3 is 2.72 bits per heavy atom. The lowest BCUT2D eigenvalue weighted by atomic mass is 9.89. The fourth-order valence-electron chi connectivity index (χ4n) is 3.49. The van der Waals surface area contributed by atoms with Crippen molar-refractivity contribution < 1.29 is 4.79 Å². The van der Waals surface area contributed by atoms with Crippen LogP contribution < -0.4 is 5.43 Å². The van der Waals surface area contributed by atoms with Crippen LogP contribution in [-0.4, -0.2) is 31.8 Å². The molecule has 4 rings (SSSR count). The smallest absolute Gasteiger partial charge is 0.267 e. The van der Waals surface area contributed by atoms with E-state index in [1.807, 2.05) is 42.5 Å². The van der Waals surface area contributed by atoms with Crippen molar-refractivity contribution in [2.24, 2.45) is 11.0 Å². The van der Waals surface area contributed by atoms with E-state index in [0.29, 0.717) is 23.9 Å². The van der Waals surface area contributed by atoms with E-state index < -0.39 is 0 Å². The van der Waals surface area contributed by atoms with Crippen LogP contribution in [0.5, 0.6) is 0 Å². The van der Waals surface area contributed by atoms with Gasteiger partial charge in [0.05, 0.1) is 6.54 Å². The molecule has 0 saturated heterocycles. The van der Waals surface area contributed by atoms with Crippen LogP contribution in [-0.2, 0) is 6.54 Å². The van der Waals surface area contributed by atoms with E-state index >= 15 is 0 Å². The summed E-state index contributed by atoms with van der Waals surface area (Å²) in [7, 11) is 0. The zero-order valence-electron chi connectivity index (χ0n) is 16.5. The van der Waals surface area contributed by atoms with Gasteiger partial charge in [-0.15, -0.1) is 10.2 Å². The van der Waals surface area contributed by atoms with Crippen molar-refractivity contribution in [3.8, 4) is 11.4 Å². The summed E-state index contributed by atoms with van der Waals surface area (Å²) in [6, 6.07) is 17.1. The SMILES string of the molecule is C[C@H]1CCC/C(=N\NC(=O)c2ccc(Cn3nnc(-c4ccccc4)n3)cc2)C1. The topological polar surface area (TPSA) is 85.1 Å². The molecule has 0 unspecified atom stereocenters. The first-order valence-corrected chi connectivity index (χ1v) is 9.95. The molecule has 1 aromatic heterocycles. The highest BCUT2D eigenvalue weighted by Crippen LogP contribution is 2.21. The molecule has 1 heterocycles. The number of nitrogens with one attached hydrogen (secondary N) is 1. The normalized spacial score (nSPS) is 18.0. The van der Waals surface area contributed by atoms with Gasteiger partial charge in [0, 0.05) is 16.8 Å². The maximum Gasteiger partial charge on any atom is 0.271 e. The molecular formula is C22H24N6O. The number of hydrogen-bond donors (Lipinski definition) is 1. The largest absolute Gasteiger partial charge is 0.271 e. The third-order valence-electron chi connectivity index (χ3n) is 5.09. The van der Waals surface area contributed by atoms with Gasteiger partial charge in [-0.1, -0.05) is 49.4 Å². The molecule has 1 atom stereocenters. The van der Waals surface area contributed by atoms with E-state index in [1.165, 1.54) is 6.42 Å². The Hall–Kier alpha value is -3.35. The maximum absolute atomic E-state index is 12.3. The van der Waals surface area contributed by atoms with Gasteiger partial charge in [-0.3, -0.25) is 4.79 Å². The first-order chi connectivity index (χ1) is 14.2. The van der Waals surface area contributed by atoms with Crippen molar-refractivity contribution >= 4 is 11.6 Å². The molecular weight excluding hydrogens is 364 g/mol. The summed E-state index contributed by atoms with van der Waals surface area (Å²) in [5.74, 6) is 1.05. The minimum absolute atomic E-state index is 0.187. The van der Waals surface area contributed by atoms with Gasteiger partial charge in [0.2, 0.25) is 5.82 Å². The van der Waals surface area contributed by atoms with Gasteiger partial charge in [0.25, 0.3) is 5.91 Å². The van der Waals surface area contributed by atoms with Crippen LogP contribution in [0.2, 0.25) is 0 Å². The molecule has 29 heavy (non-hydrogen) atoms. The van der Waals surface area contributed by atoms with Gasteiger partial charge in [-0.25, -0.2) is 5.43 Å². The van der Waals surface area contributed by atoms with Crippen molar-refractivity contribution in [1.29, 1.82) is 0 Å². The van der Waals surface area contributed by atoms with E-state index in [-0.39, 0.29) is 5.91 Å². The number of amides is 1. The van der Waals surface area contributed by atoms with Crippen LogP contribution in [0.15, 0.2) is 59.7 Å². The van der Waals surface area contributed by atoms with Gasteiger partial charge in [0.1, 0.15) is 0 Å². The molecule has 0 radical (unpaired) electrons. The second-order valence-electron chi connectivity index (χ2n) is 7.53. The third-order valence-corrected chi connectivity index (χ3v) is 5.09. The molecule has 7 nitrogen and oxygen atoms in total. The van der Waals surface area contributed by atoms with Crippen molar-refractivity contribution in [2.45, 2.75) is 39.2 Å². The number of aromatic nitrogens is 4. The number of hydrogen-bond acceptors (Lipinski definition) is 5. The lowest BCUT2D eigenvalue weighted by Crippen LogP contribution is -2.22. The fourth-order valence-corrected chi connectivity index (χ4v) is 3.49. The molecule has 2 aromatic carbocycles. The Balaban J connectivity index is 1.36. The first kappa shape index (κ1) is 19.0. The zero-order valence-corrected chi connectivity index (χ0v) is 16.5. The van der Waals surface area contributed by atoms with Crippen LogP contribution in [0.4, 0.5) is 0 Å². The monoisotopic (exact) mass is 388 g/mol. The highest BCUT2D eigenvalue weighted by molar-refractivity contribution is 5.95. The van der Waals surface area contributed by atoms with Crippen LogP contribution in [0.25, 0.3) is 11.4 Å². The van der Waals surface area contributed by atoms with Crippen LogP contribution >= 0.6 is 0 Å². The molecule has 1 aliphatic carbocycles. The summed E-state index contributed by atoms with van der Waals surface area (Å²) in [5.41, 5.74) is 6.28. The van der Waals surface area contributed by atoms with Gasteiger partial charge in [0.15, 0.2) is 0 Å². The summed E-state index contributed by atoms with van der Waals surface area (Å²) in [4.78, 5) is 13.9. The number of benzene rings is 2. The summed E-state index contributed by atoms with van der Waals surface area (Å²) in [5, 5.41) is 17.0. The highest BCUT2D eigenvalue weighted by atomic mass is 16.2. The van der Waals surface area contributed by atoms with Gasteiger partial charge >= 0.3 is 0 Å². The Labute approximate surface area is 169 Å². The average molecular weight is 388 g/mol. The Morgan fingerprint density at radius 1 is 1.17 bits per heavy atom. The van der Waals surface area contributed by atoms with E-state index in [0.717, 1.165) is 36.1 Å². The molecule has 1 amide bonds. The molecule has 0 spiro atoms. The molecule has 1 fully saturated rings. The van der Waals surface area contributed by atoms with Gasteiger partial charge in [-0.05, 0) is 54.5 Å². The molecule has 0 bridgehead atoms. The number of rotatable bonds is 5. The number of carbonyl (C=O) groups is 1. The fraction of sp³-hybridized carbons (Fsp3) is 0.318. The summed E-state index contributed by atoms with van der Waals surface area (Å²) < 4.78 is 0. The van der Waals surface area contributed by atoms with E-state index in [1.54, 1.807) is 16.9 Å². The standard InChI is InChI=1S/C22H24N6O/c1-16-6-5-9-20(14-16)23-25-22(29)19-12-10-17(11-13-19)15-28-26-21(24-27-28)18-7-3-2-4-8-18/h2-4,7-8,10-13,16H,5-6,9,14-15H2,1H3,(H,25,29)/b23-20+/t16-/m0/s1. The molecule has 148 valence electrons.